The molecule has 1 N–H and O–H groups in total. The van der Waals surface area contributed by atoms with Crippen LogP contribution in [0.25, 0.3) is 0 Å². The molecule has 0 spiro atoms. The van der Waals surface area contributed by atoms with Crippen molar-refractivity contribution in [1.29, 1.82) is 0 Å². The van der Waals surface area contributed by atoms with E-state index in [1.54, 1.807) is 7.11 Å². The van der Waals surface area contributed by atoms with E-state index in [2.05, 4.69) is 17.3 Å². The van der Waals surface area contributed by atoms with Crippen molar-refractivity contribution >= 4 is 5.69 Å². The van der Waals surface area contributed by atoms with Crippen LogP contribution in [0.1, 0.15) is 23.9 Å². The molecule has 1 aromatic carbocycles. The fraction of sp³-hybridized carbons (Fsp3) is 0.438. The van der Waals surface area contributed by atoms with Crippen LogP contribution < -0.4 is 14.8 Å². The van der Waals surface area contributed by atoms with Crippen molar-refractivity contribution in [2.24, 2.45) is 7.05 Å². The van der Waals surface area contributed by atoms with Gasteiger partial charge in [0.1, 0.15) is 0 Å². The molecule has 0 radical (unpaired) electrons. The van der Waals surface area contributed by atoms with Gasteiger partial charge in [0.25, 0.3) is 0 Å². The highest BCUT2D eigenvalue weighted by Gasteiger charge is 2.10. The van der Waals surface area contributed by atoms with E-state index in [9.17, 15) is 0 Å². The summed E-state index contributed by atoms with van der Waals surface area (Å²) in [5, 5.41) is 7.84. The second-order valence-electron chi connectivity index (χ2n) is 4.93. The van der Waals surface area contributed by atoms with Crippen molar-refractivity contribution in [1.82, 2.24) is 9.78 Å². The molecule has 2 aromatic rings. The predicted molar refractivity (Wildman–Crippen MR) is 84.2 cm³/mol. The van der Waals surface area contributed by atoms with Crippen LogP contribution in [0.15, 0.2) is 18.2 Å². The maximum absolute atomic E-state index is 5.52. The highest BCUT2D eigenvalue weighted by Crippen LogP contribution is 2.30. The lowest BCUT2D eigenvalue weighted by molar-refractivity contribution is 0.311. The number of aryl methyl sites for hydroxylation is 2. The number of hydrogen-bond donors (Lipinski definition) is 1. The second kappa shape index (κ2) is 6.52. The Morgan fingerprint density at radius 2 is 2.00 bits per heavy atom. The minimum absolute atomic E-state index is 0.622. The van der Waals surface area contributed by atoms with Crippen LogP contribution in [0.3, 0.4) is 0 Å². The Balaban J connectivity index is 2.13. The molecule has 0 unspecified atom stereocenters. The SMILES string of the molecule is CCOc1ccc(NCc2c(C)nn(C)c2C)cc1OC. The molecule has 1 aromatic heterocycles. The monoisotopic (exact) mass is 289 g/mol. The Labute approximate surface area is 125 Å². The van der Waals surface area contributed by atoms with Crippen molar-refractivity contribution in [3.8, 4) is 11.5 Å². The molecule has 21 heavy (non-hydrogen) atoms. The summed E-state index contributed by atoms with van der Waals surface area (Å²) in [4.78, 5) is 0. The molecule has 0 amide bonds. The molecule has 114 valence electrons. The first-order valence-corrected chi connectivity index (χ1v) is 7.10. The maximum atomic E-state index is 5.52. The molecule has 0 bridgehead atoms. The van der Waals surface area contributed by atoms with Gasteiger partial charge in [-0.25, -0.2) is 0 Å². The average molecular weight is 289 g/mol. The standard InChI is InChI=1S/C16H23N3O2/c1-6-21-15-8-7-13(9-16(15)20-5)17-10-14-11(2)18-19(4)12(14)3/h7-9,17H,6,10H2,1-5H3. The molecule has 5 heteroatoms. The quantitative estimate of drug-likeness (QED) is 0.888. The Morgan fingerprint density at radius 1 is 1.24 bits per heavy atom. The smallest absolute Gasteiger partial charge is 0.162 e. The van der Waals surface area contributed by atoms with Gasteiger partial charge in [0.15, 0.2) is 11.5 Å². The van der Waals surface area contributed by atoms with Gasteiger partial charge in [0, 0.05) is 36.6 Å². The average Bonchev–Trinajstić information content (AvgIpc) is 2.71. The first-order valence-electron chi connectivity index (χ1n) is 7.10. The predicted octanol–water partition coefficient (Wildman–Crippen LogP) is 3.06. The lowest BCUT2D eigenvalue weighted by Gasteiger charge is -2.12. The Bertz CT molecular complexity index is 620. The molecule has 0 aliphatic rings. The molecule has 0 fully saturated rings. The molecule has 2 rings (SSSR count). The summed E-state index contributed by atoms with van der Waals surface area (Å²) in [5.41, 5.74) is 4.46. The van der Waals surface area contributed by atoms with E-state index in [0.29, 0.717) is 6.61 Å². The number of ether oxygens (including phenoxy) is 2. The summed E-state index contributed by atoms with van der Waals surface area (Å²) in [5.74, 6) is 1.50. The molecule has 0 saturated heterocycles. The Kier molecular flexibility index (Phi) is 4.73. The van der Waals surface area contributed by atoms with Crippen LogP contribution in [-0.2, 0) is 13.6 Å². The van der Waals surface area contributed by atoms with E-state index in [1.807, 2.05) is 43.8 Å². The van der Waals surface area contributed by atoms with Crippen LogP contribution in [0.2, 0.25) is 0 Å². The number of rotatable bonds is 6. The van der Waals surface area contributed by atoms with Crippen LogP contribution in [0.5, 0.6) is 11.5 Å². The minimum Gasteiger partial charge on any atom is -0.493 e. The summed E-state index contributed by atoms with van der Waals surface area (Å²) in [6.07, 6.45) is 0. The van der Waals surface area contributed by atoms with E-state index in [4.69, 9.17) is 9.47 Å². The summed E-state index contributed by atoms with van der Waals surface area (Å²) in [6.45, 7) is 7.43. The topological polar surface area (TPSA) is 48.3 Å². The zero-order valence-corrected chi connectivity index (χ0v) is 13.4. The third kappa shape index (κ3) is 3.29. The lowest BCUT2D eigenvalue weighted by Crippen LogP contribution is -2.03. The van der Waals surface area contributed by atoms with Crippen molar-refractivity contribution in [3.63, 3.8) is 0 Å². The maximum Gasteiger partial charge on any atom is 0.162 e. The number of anilines is 1. The molecular weight excluding hydrogens is 266 g/mol. The highest BCUT2D eigenvalue weighted by molar-refractivity contribution is 5.55. The number of methoxy groups -OCH3 is 1. The fourth-order valence-corrected chi connectivity index (χ4v) is 2.32. The highest BCUT2D eigenvalue weighted by atomic mass is 16.5. The molecular formula is C16H23N3O2. The summed E-state index contributed by atoms with van der Waals surface area (Å²) < 4.78 is 12.8. The molecule has 0 aliphatic carbocycles. The van der Waals surface area contributed by atoms with Crippen molar-refractivity contribution in [3.05, 3.63) is 35.2 Å². The molecule has 0 saturated carbocycles. The zero-order chi connectivity index (χ0) is 15.4. The van der Waals surface area contributed by atoms with Gasteiger partial charge < -0.3 is 14.8 Å². The fourth-order valence-electron chi connectivity index (χ4n) is 2.32. The summed E-state index contributed by atoms with van der Waals surface area (Å²) in [6, 6.07) is 5.87. The number of nitrogens with one attached hydrogen (secondary N) is 1. The van der Waals surface area contributed by atoms with E-state index in [1.165, 1.54) is 11.3 Å². The van der Waals surface area contributed by atoms with Gasteiger partial charge in [0.05, 0.1) is 19.4 Å². The minimum atomic E-state index is 0.622. The molecule has 1 heterocycles. The van der Waals surface area contributed by atoms with Gasteiger partial charge in [-0.1, -0.05) is 0 Å². The van der Waals surface area contributed by atoms with Crippen molar-refractivity contribution in [2.45, 2.75) is 27.3 Å². The van der Waals surface area contributed by atoms with Crippen molar-refractivity contribution < 1.29 is 9.47 Å². The van der Waals surface area contributed by atoms with Gasteiger partial charge in [-0.15, -0.1) is 0 Å². The van der Waals surface area contributed by atoms with Gasteiger partial charge in [-0.2, -0.15) is 5.10 Å². The largest absolute Gasteiger partial charge is 0.493 e. The summed E-state index contributed by atoms with van der Waals surface area (Å²) >= 11 is 0. The Morgan fingerprint density at radius 3 is 2.57 bits per heavy atom. The van der Waals surface area contributed by atoms with Crippen LogP contribution >= 0.6 is 0 Å². The van der Waals surface area contributed by atoms with E-state index >= 15 is 0 Å². The summed E-state index contributed by atoms with van der Waals surface area (Å²) in [7, 11) is 3.61. The lowest BCUT2D eigenvalue weighted by atomic mass is 10.2. The zero-order valence-electron chi connectivity index (χ0n) is 13.4. The third-order valence-electron chi connectivity index (χ3n) is 3.59. The normalized spacial score (nSPS) is 10.5. The van der Waals surface area contributed by atoms with Crippen LogP contribution in [0, 0.1) is 13.8 Å². The van der Waals surface area contributed by atoms with Gasteiger partial charge in [-0.3, -0.25) is 4.68 Å². The number of hydrogen-bond acceptors (Lipinski definition) is 4. The molecule has 0 aliphatic heterocycles. The first-order chi connectivity index (χ1) is 10.1. The third-order valence-corrected chi connectivity index (χ3v) is 3.59. The van der Waals surface area contributed by atoms with Crippen LogP contribution in [-0.4, -0.2) is 23.5 Å². The first kappa shape index (κ1) is 15.2. The Hall–Kier alpha value is -2.17. The second-order valence-corrected chi connectivity index (χ2v) is 4.93. The number of nitrogens with zero attached hydrogens (tertiary/aromatic N) is 2. The van der Waals surface area contributed by atoms with Crippen LogP contribution in [0.4, 0.5) is 5.69 Å². The van der Waals surface area contributed by atoms with E-state index in [0.717, 1.165) is 29.4 Å². The van der Waals surface area contributed by atoms with Crippen molar-refractivity contribution in [2.75, 3.05) is 19.0 Å². The molecule has 0 atom stereocenters. The molecule has 5 nitrogen and oxygen atoms in total. The van der Waals surface area contributed by atoms with Gasteiger partial charge >= 0.3 is 0 Å². The van der Waals surface area contributed by atoms with E-state index in [-0.39, 0.29) is 0 Å². The number of aromatic nitrogens is 2. The number of benzene rings is 1. The van der Waals surface area contributed by atoms with E-state index < -0.39 is 0 Å². The van der Waals surface area contributed by atoms with Gasteiger partial charge in [-0.05, 0) is 32.9 Å². The van der Waals surface area contributed by atoms with Gasteiger partial charge in [0.2, 0.25) is 0 Å².